The van der Waals surface area contributed by atoms with E-state index in [0.717, 1.165) is 10.8 Å². The number of nitrogens with zero attached hydrogens (tertiary/aromatic N) is 5. The van der Waals surface area contributed by atoms with Gasteiger partial charge in [-0.1, -0.05) is 33.7 Å². The summed E-state index contributed by atoms with van der Waals surface area (Å²) in [6, 6.07) is 8.93. The Morgan fingerprint density at radius 3 is 2.33 bits per heavy atom. The Hall–Kier alpha value is -8.24. The van der Waals surface area contributed by atoms with Crippen molar-refractivity contribution in [3.8, 4) is 0 Å². The summed E-state index contributed by atoms with van der Waals surface area (Å²) in [6.45, 7) is 1.18. The van der Waals surface area contributed by atoms with Crippen LogP contribution >= 0.6 is 21.6 Å². The second-order valence-corrected chi connectivity index (χ2v) is 19.4. The van der Waals surface area contributed by atoms with Crippen LogP contribution in [-0.4, -0.2) is 143 Å². The van der Waals surface area contributed by atoms with Gasteiger partial charge in [-0.3, -0.25) is 33.9 Å². The quantitative estimate of drug-likeness (QED) is 0.0332. The molecule has 382 valence electrons. The minimum Gasteiger partial charge on any atom is -0.480 e. The normalized spacial score (nSPS) is 20.4. The highest BCUT2D eigenvalue weighted by atomic mass is 33.1. The summed E-state index contributed by atoms with van der Waals surface area (Å²) in [7, 11) is 3.72. The number of fused-ring (bicyclic) bond motifs is 5. The molecule has 0 spiro atoms. The number of ketones is 2. The number of carbonyl (C=O) groups is 8. The maximum absolute atomic E-state index is 13.5. The molecule has 4 aromatic rings. The predicted molar refractivity (Wildman–Crippen MR) is 258 cm³/mol. The summed E-state index contributed by atoms with van der Waals surface area (Å²) in [5, 5.41) is 27.5. The molecule has 4 aliphatic rings. The van der Waals surface area contributed by atoms with Crippen LogP contribution in [0.15, 0.2) is 87.0 Å². The molecule has 0 unspecified atom stereocenters. The third kappa shape index (κ3) is 10.3. The van der Waals surface area contributed by atoms with Gasteiger partial charge in [0.2, 0.25) is 23.4 Å². The number of carboxylic acid groups (broad SMARTS) is 2. The zero-order valence-electron chi connectivity index (χ0n) is 38.6. The molecule has 73 heavy (non-hydrogen) atoms. The first-order valence-corrected chi connectivity index (χ1v) is 24.4. The van der Waals surface area contributed by atoms with Crippen molar-refractivity contribution in [1.82, 2.24) is 40.4 Å². The number of allylic oxidation sites excluding steroid dienone is 2. The van der Waals surface area contributed by atoms with Crippen LogP contribution in [0.1, 0.15) is 41.4 Å². The minimum atomic E-state index is -1.47. The number of aromatic amines is 1. The smallest absolute Gasteiger partial charge is 0.410 e. The largest absolute Gasteiger partial charge is 0.480 e. The molecular formula is C45H46N12O14S2. The van der Waals surface area contributed by atoms with Crippen molar-refractivity contribution in [3.63, 3.8) is 0 Å². The van der Waals surface area contributed by atoms with E-state index in [1.807, 2.05) is 0 Å². The Kier molecular flexibility index (Phi) is 14.6. The number of carbonyl (C=O) groups excluding carboxylic acids is 6. The second kappa shape index (κ2) is 20.8. The van der Waals surface area contributed by atoms with Crippen molar-refractivity contribution in [2.75, 3.05) is 37.1 Å². The van der Waals surface area contributed by atoms with Gasteiger partial charge in [-0.15, -0.1) is 0 Å². The molecule has 28 heteroatoms. The van der Waals surface area contributed by atoms with E-state index >= 15 is 0 Å². The lowest BCUT2D eigenvalue weighted by molar-refractivity contribution is -0.144. The highest BCUT2D eigenvalue weighted by Gasteiger charge is 2.78. The van der Waals surface area contributed by atoms with Crippen LogP contribution in [0.3, 0.4) is 0 Å². The second-order valence-electron chi connectivity index (χ2n) is 17.0. The fraction of sp³-hybridized carbons (Fsp3) is 0.333. The lowest BCUT2D eigenvalue weighted by Crippen LogP contribution is -2.56. The van der Waals surface area contributed by atoms with Gasteiger partial charge in [0, 0.05) is 53.1 Å². The van der Waals surface area contributed by atoms with Crippen molar-refractivity contribution in [2.45, 2.75) is 67.7 Å². The first kappa shape index (κ1) is 51.1. The molecule has 26 nitrogen and oxygen atoms in total. The van der Waals surface area contributed by atoms with Gasteiger partial charge in [-0.05, 0) is 55.3 Å². The minimum absolute atomic E-state index is 0.0123. The van der Waals surface area contributed by atoms with Crippen LogP contribution in [-0.2, 0) is 51.3 Å². The third-order valence-electron chi connectivity index (χ3n) is 12.6. The molecule has 4 amide bonds. The molecule has 2 aromatic heterocycles. The zero-order valence-corrected chi connectivity index (χ0v) is 40.2. The van der Waals surface area contributed by atoms with Crippen LogP contribution < -0.4 is 38.7 Å². The number of ether oxygens (including phenoxy) is 3. The molecule has 8 rings (SSSR count). The molecule has 3 aliphatic heterocycles. The molecule has 12 N–H and O–H groups in total. The van der Waals surface area contributed by atoms with Crippen molar-refractivity contribution in [1.29, 1.82) is 0 Å². The monoisotopic (exact) mass is 1040 g/mol. The standard InChI is InChI=1S/C45H46N12O14S2/c1-19-31(46)35(60)30-25(17-70-43(48)67)45(69-2)36-28(15-56(45)33(30)34(19)59)57(36)44(68)71-16-20-3-9-24(10-4-20)73-72-18-27(41(65)66)52-29(58)12-11-26(40(63)64)53-38(61)21-5-7-22(8-6-21)49-13-23-14-50-37-32(51-23)39(62)55-42(47)54-37/h3-10,14,25-28,36,49H,11-13,15-18,46H2,1-2H3,(H2,48,67)(H,52,58)(H,53,61)(H,63,64)(H,65,66)(H3,47,50,54,55,62)/t25-,26+,27+,28+,36+,45-,57?/m1/s1. The number of nitrogen functional groups attached to an aromatic ring is 1. The Balaban J connectivity index is 0.768. The Morgan fingerprint density at radius 1 is 0.945 bits per heavy atom. The maximum atomic E-state index is 13.5. The first-order valence-electron chi connectivity index (χ1n) is 22.1. The molecule has 2 saturated heterocycles. The lowest BCUT2D eigenvalue weighted by atomic mass is 9.82. The number of Topliss-reactive ketones (excluding diaryl/α,β-unsaturated/α-hetero) is 2. The molecule has 1 aliphatic carbocycles. The number of rotatable bonds is 20. The molecule has 0 bridgehead atoms. The molecule has 5 heterocycles. The van der Waals surface area contributed by atoms with E-state index < -0.39 is 102 Å². The van der Waals surface area contributed by atoms with Crippen LogP contribution in [0.25, 0.3) is 11.2 Å². The molecule has 0 saturated carbocycles. The maximum Gasteiger partial charge on any atom is 0.410 e. The van der Waals surface area contributed by atoms with Gasteiger partial charge in [-0.2, -0.15) is 4.98 Å². The first-order chi connectivity index (χ1) is 34.8. The van der Waals surface area contributed by atoms with Gasteiger partial charge in [0.05, 0.1) is 41.8 Å². The topological polar surface area (TPSA) is 397 Å². The summed E-state index contributed by atoms with van der Waals surface area (Å²) >= 11 is 0. The number of primary amides is 1. The number of amides is 4. The predicted octanol–water partition coefficient (Wildman–Crippen LogP) is 0.592. The number of nitrogens with two attached hydrogens (primary N) is 3. The number of aromatic nitrogens is 4. The third-order valence-corrected chi connectivity index (χ3v) is 15.0. The summed E-state index contributed by atoms with van der Waals surface area (Å²) in [5.41, 5.74) is 16.6. The molecular weight excluding hydrogens is 997 g/mol. The Labute approximate surface area is 420 Å². The fourth-order valence-corrected chi connectivity index (χ4v) is 11.1. The number of carboxylic acids is 2. The van der Waals surface area contributed by atoms with Gasteiger partial charge >= 0.3 is 24.1 Å². The van der Waals surface area contributed by atoms with E-state index in [9.17, 15) is 53.4 Å². The summed E-state index contributed by atoms with van der Waals surface area (Å²) in [6.07, 6.45) is -1.12. The number of H-pyrrole nitrogens is 1. The van der Waals surface area contributed by atoms with Gasteiger partial charge < -0.3 is 62.5 Å². The summed E-state index contributed by atoms with van der Waals surface area (Å²) < 4.78 is 16.8. The van der Waals surface area contributed by atoms with Crippen molar-refractivity contribution in [3.05, 3.63) is 104 Å². The molecule has 0 radical (unpaired) electrons. The molecule has 2 fully saturated rings. The Morgan fingerprint density at radius 2 is 1.66 bits per heavy atom. The SMILES string of the molecule is CO[C@@]12[C@H](COC(N)=O)C3=C(C(=O)C(C)=C(N)C3=O)N1C[C@H]1[C@@H]2N1C(=O)OCc1ccc(SSC[C@H](NC(=O)CC[C@H](NC(=O)c2ccc(NCc3cnc4nc(N)[nH]c(=O)c4n3)cc2)C(=O)O)C(=O)O)cc1. The van der Waals surface area contributed by atoms with E-state index in [1.54, 1.807) is 41.3 Å². The lowest BCUT2D eigenvalue weighted by Gasteiger charge is -2.40. The summed E-state index contributed by atoms with van der Waals surface area (Å²) in [5.74, 6) is -6.44. The van der Waals surface area contributed by atoms with E-state index in [4.69, 9.17) is 31.4 Å². The number of anilines is 2. The van der Waals surface area contributed by atoms with Gasteiger partial charge in [-0.25, -0.2) is 29.1 Å². The van der Waals surface area contributed by atoms with E-state index in [0.29, 0.717) is 21.8 Å². The summed E-state index contributed by atoms with van der Waals surface area (Å²) in [4.78, 5) is 132. The van der Waals surface area contributed by atoms with Crippen molar-refractivity contribution in [2.24, 2.45) is 17.4 Å². The number of methoxy groups -OCH3 is 1. The number of benzene rings is 2. The zero-order chi connectivity index (χ0) is 52.5. The fourth-order valence-electron chi connectivity index (χ4n) is 8.96. The highest BCUT2D eigenvalue weighted by molar-refractivity contribution is 8.76. The van der Waals surface area contributed by atoms with E-state index in [1.165, 1.54) is 48.1 Å². The number of aliphatic carboxylic acids is 2. The van der Waals surface area contributed by atoms with Crippen LogP contribution in [0.5, 0.6) is 0 Å². The van der Waals surface area contributed by atoms with E-state index in [2.05, 4.69) is 35.9 Å². The number of nitrogens with one attached hydrogen (secondary N) is 4. The van der Waals surface area contributed by atoms with Crippen LogP contribution in [0.2, 0.25) is 0 Å². The highest BCUT2D eigenvalue weighted by Crippen LogP contribution is 2.60. The number of piperazine rings is 1. The number of hydrogen-bond acceptors (Lipinski definition) is 21. The van der Waals surface area contributed by atoms with Crippen LogP contribution in [0, 0.1) is 5.92 Å². The number of hydrogen-bond donors (Lipinski definition) is 9. The van der Waals surface area contributed by atoms with Gasteiger partial charge in [0.15, 0.2) is 16.9 Å². The Bertz CT molecular complexity index is 3080. The average molecular weight is 1040 g/mol. The van der Waals surface area contributed by atoms with Gasteiger partial charge in [0.1, 0.15) is 31.3 Å². The van der Waals surface area contributed by atoms with Crippen molar-refractivity contribution < 1.29 is 62.8 Å². The van der Waals surface area contributed by atoms with Crippen molar-refractivity contribution >= 4 is 91.9 Å². The van der Waals surface area contributed by atoms with Crippen LogP contribution in [0.4, 0.5) is 21.2 Å². The van der Waals surface area contributed by atoms with E-state index in [-0.39, 0.29) is 77.1 Å². The van der Waals surface area contributed by atoms with Gasteiger partial charge in [0.25, 0.3) is 11.5 Å². The molecule has 2 aromatic carbocycles. The molecule has 6 atom stereocenters. The average Bonchev–Trinajstić information content (AvgIpc) is 3.88.